The van der Waals surface area contributed by atoms with Gasteiger partial charge in [-0.05, 0) is 74.3 Å². The molecular weight excluding hydrogens is 428 g/mol. The first kappa shape index (κ1) is 24.4. The fraction of sp³-hybridized carbons (Fsp3) is 0.625. The van der Waals surface area contributed by atoms with E-state index in [-0.39, 0.29) is 29.8 Å². The lowest BCUT2D eigenvalue weighted by atomic mass is 9.54. The Bertz CT molecular complexity index is 824. The summed E-state index contributed by atoms with van der Waals surface area (Å²) in [5.74, 6) is 1.78. The van der Waals surface area contributed by atoms with Gasteiger partial charge in [-0.25, -0.2) is 4.79 Å². The van der Waals surface area contributed by atoms with Crippen LogP contribution in [0.1, 0.15) is 63.0 Å². The summed E-state index contributed by atoms with van der Waals surface area (Å²) < 4.78 is 6.05. The van der Waals surface area contributed by atoms with Crippen molar-refractivity contribution in [1.82, 2.24) is 10.6 Å². The highest BCUT2D eigenvalue weighted by Crippen LogP contribution is 2.57. The lowest BCUT2D eigenvalue weighted by molar-refractivity contribution is -0.131. The number of ether oxygens (including phenoxy) is 1. The van der Waals surface area contributed by atoms with Crippen molar-refractivity contribution in [3.8, 4) is 0 Å². The van der Waals surface area contributed by atoms with Gasteiger partial charge in [0, 0.05) is 18.5 Å². The summed E-state index contributed by atoms with van der Waals surface area (Å²) >= 11 is 0. The van der Waals surface area contributed by atoms with Gasteiger partial charge in [-0.15, -0.1) is 12.4 Å². The summed E-state index contributed by atoms with van der Waals surface area (Å²) in [6.45, 7) is 2.54. The summed E-state index contributed by atoms with van der Waals surface area (Å²) in [7, 11) is 0. The van der Waals surface area contributed by atoms with Crippen molar-refractivity contribution in [3.63, 3.8) is 0 Å². The van der Waals surface area contributed by atoms with Crippen LogP contribution in [0.25, 0.3) is 0 Å². The van der Waals surface area contributed by atoms with Gasteiger partial charge in [-0.3, -0.25) is 10.2 Å². The number of benzene rings is 1. The Balaban J connectivity index is 0.00000289. The van der Waals surface area contributed by atoms with Crippen molar-refractivity contribution in [2.45, 2.75) is 69.9 Å². The van der Waals surface area contributed by atoms with Gasteiger partial charge in [0.1, 0.15) is 17.5 Å². The number of hydrogen-bond acceptors (Lipinski definition) is 4. The number of halogens is 1. The van der Waals surface area contributed by atoms with E-state index in [1.807, 2.05) is 13.0 Å². The molecule has 0 saturated heterocycles. The van der Waals surface area contributed by atoms with Gasteiger partial charge in [0.15, 0.2) is 0 Å². The molecule has 0 unspecified atom stereocenters. The van der Waals surface area contributed by atoms with Gasteiger partial charge >= 0.3 is 6.09 Å². The molecule has 0 radical (unpaired) electrons. The van der Waals surface area contributed by atoms with Gasteiger partial charge < -0.3 is 21.1 Å². The normalized spacial score (nSPS) is 28.3. The van der Waals surface area contributed by atoms with Gasteiger partial charge in [0.2, 0.25) is 5.91 Å². The first-order valence-corrected chi connectivity index (χ1v) is 11.6. The summed E-state index contributed by atoms with van der Waals surface area (Å²) in [5, 5.41) is 13.4. The largest absolute Gasteiger partial charge is 0.443 e. The van der Waals surface area contributed by atoms with Crippen molar-refractivity contribution in [2.24, 2.45) is 23.5 Å². The molecule has 1 atom stereocenters. The van der Waals surface area contributed by atoms with Crippen molar-refractivity contribution in [1.29, 1.82) is 5.41 Å². The molecule has 2 amide bonds. The molecule has 176 valence electrons. The van der Waals surface area contributed by atoms with Gasteiger partial charge in [-0.1, -0.05) is 25.1 Å². The number of nitrogens with one attached hydrogen (secondary N) is 3. The lowest BCUT2D eigenvalue weighted by Gasteiger charge is -2.55. The average Bonchev–Trinajstić information content (AvgIpc) is 2.70. The molecule has 0 aromatic heterocycles. The van der Waals surface area contributed by atoms with E-state index in [1.165, 1.54) is 19.3 Å². The topological polar surface area (TPSA) is 117 Å². The molecule has 4 saturated carbocycles. The molecule has 5 rings (SSSR count). The molecule has 1 aromatic carbocycles. The highest BCUT2D eigenvalue weighted by atomic mass is 35.5. The number of amidine groups is 1. The van der Waals surface area contributed by atoms with E-state index >= 15 is 0 Å². The first-order chi connectivity index (χ1) is 14.9. The van der Waals surface area contributed by atoms with Crippen molar-refractivity contribution >= 4 is 30.2 Å². The molecule has 4 fully saturated rings. The minimum absolute atomic E-state index is 0. The van der Waals surface area contributed by atoms with Crippen LogP contribution in [-0.4, -0.2) is 36.0 Å². The van der Waals surface area contributed by atoms with E-state index in [0.717, 1.165) is 31.2 Å². The zero-order valence-corrected chi connectivity index (χ0v) is 19.5. The van der Waals surface area contributed by atoms with Gasteiger partial charge in [0.05, 0.1) is 0 Å². The Morgan fingerprint density at radius 1 is 1.19 bits per heavy atom. The highest BCUT2D eigenvalue weighted by molar-refractivity contribution is 5.95. The Hall–Kier alpha value is -2.28. The summed E-state index contributed by atoms with van der Waals surface area (Å²) in [5.41, 5.74) is 6.68. The van der Waals surface area contributed by atoms with Crippen LogP contribution in [-0.2, 0) is 16.0 Å². The number of alkyl carbamates (subject to hydrolysis) is 1. The van der Waals surface area contributed by atoms with Crippen molar-refractivity contribution < 1.29 is 14.3 Å². The number of amides is 2. The minimum atomic E-state index is -0.741. The maximum atomic E-state index is 12.9. The monoisotopic (exact) mass is 462 g/mol. The van der Waals surface area contributed by atoms with Crippen LogP contribution in [0.3, 0.4) is 0 Å². The zero-order valence-electron chi connectivity index (χ0n) is 18.7. The average molecular weight is 463 g/mol. The maximum Gasteiger partial charge on any atom is 0.408 e. The third-order valence-corrected chi connectivity index (χ3v) is 7.13. The zero-order chi connectivity index (χ0) is 22.0. The molecule has 32 heavy (non-hydrogen) atoms. The molecule has 0 aliphatic heterocycles. The number of nitrogen functional groups attached to an aromatic ring is 1. The number of hydrogen-bond donors (Lipinski definition) is 4. The second kappa shape index (κ2) is 10.1. The standard InChI is InChI=1S/C24H34N4O3.ClH/c1-2-6-27-22(29)20(11-15-4-3-5-19(10-15)21(25)26)28-23(30)31-24-12-16-7-17(13-24)9-18(8-16)14-24;/h3-5,10,16-18,20H,2,6-9,11-14H2,1H3,(H3,25,26)(H,27,29)(H,28,30);1H/t16?,17?,18?,20-,24?;/m0./s1. The quantitative estimate of drug-likeness (QED) is 0.349. The molecule has 8 heteroatoms. The molecule has 0 spiro atoms. The Labute approximate surface area is 196 Å². The van der Waals surface area contributed by atoms with Crippen LogP contribution >= 0.6 is 12.4 Å². The van der Waals surface area contributed by atoms with Crippen LogP contribution in [0, 0.1) is 23.2 Å². The smallest absolute Gasteiger partial charge is 0.408 e. The van der Waals surface area contributed by atoms with Crippen LogP contribution in [0.15, 0.2) is 24.3 Å². The molecule has 4 aliphatic carbocycles. The van der Waals surface area contributed by atoms with E-state index in [2.05, 4.69) is 10.6 Å². The van der Waals surface area contributed by atoms with E-state index in [0.29, 0.717) is 36.3 Å². The predicted molar refractivity (Wildman–Crippen MR) is 126 cm³/mol. The van der Waals surface area contributed by atoms with Crippen LogP contribution in [0.4, 0.5) is 4.79 Å². The fourth-order valence-electron chi connectivity index (χ4n) is 6.21. The van der Waals surface area contributed by atoms with Crippen LogP contribution in [0.5, 0.6) is 0 Å². The number of rotatable bonds is 8. The highest BCUT2D eigenvalue weighted by Gasteiger charge is 2.53. The Morgan fingerprint density at radius 2 is 1.81 bits per heavy atom. The van der Waals surface area contributed by atoms with E-state index in [1.54, 1.807) is 18.2 Å². The second-order valence-corrected chi connectivity index (χ2v) is 9.80. The third-order valence-electron chi connectivity index (χ3n) is 7.13. The predicted octanol–water partition coefficient (Wildman–Crippen LogP) is 3.52. The third kappa shape index (κ3) is 5.55. The number of nitrogens with two attached hydrogens (primary N) is 1. The SMILES string of the molecule is CCCNC(=O)[C@H](Cc1cccc(C(=N)N)c1)NC(=O)OC12CC3CC(CC(C3)C1)C2.Cl. The number of carbonyl (C=O) groups excluding carboxylic acids is 2. The summed E-state index contributed by atoms with van der Waals surface area (Å²) in [6, 6.07) is 6.48. The summed E-state index contributed by atoms with van der Waals surface area (Å²) in [6.07, 6.45) is 7.33. The molecule has 0 heterocycles. The fourth-order valence-corrected chi connectivity index (χ4v) is 6.21. The van der Waals surface area contributed by atoms with Crippen LogP contribution in [0.2, 0.25) is 0 Å². The summed E-state index contributed by atoms with van der Waals surface area (Å²) in [4.78, 5) is 25.7. The molecule has 4 bridgehead atoms. The molecule has 5 N–H and O–H groups in total. The van der Waals surface area contributed by atoms with Crippen LogP contribution < -0.4 is 16.4 Å². The van der Waals surface area contributed by atoms with E-state index in [9.17, 15) is 9.59 Å². The van der Waals surface area contributed by atoms with Crippen molar-refractivity contribution in [2.75, 3.05) is 6.54 Å². The second-order valence-electron chi connectivity index (χ2n) is 9.80. The number of carbonyl (C=O) groups is 2. The maximum absolute atomic E-state index is 12.9. The Morgan fingerprint density at radius 3 is 2.38 bits per heavy atom. The van der Waals surface area contributed by atoms with E-state index in [4.69, 9.17) is 15.9 Å². The minimum Gasteiger partial charge on any atom is -0.443 e. The Kier molecular flexibility index (Phi) is 7.70. The van der Waals surface area contributed by atoms with Gasteiger partial charge in [-0.2, -0.15) is 0 Å². The molecule has 7 nitrogen and oxygen atoms in total. The lowest BCUT2D eigenvalue weighted by Crippen LogP contribution is -2.55. The first-order valence-electron chi connectivity index (χ1n) is 11.6. The van der Waals surface area contributed by atoms with Gasteiger partial charge in [0.25, 0.3) is 0 Å². The molecular formula is C24H35ClN4O3. The molecule has 1 aromatic rings. The van der Waals surface area contributed by atoms with E-state index < -0.39 is 12.1 Å². The van der Waals surface area contributed by atoms with Crippen molar-refractivity contribution in [3.05, 3.63) is 35.4 Å². The molecule has 4 aliphatic rings.